The van der Waals surface area contributed by atoms with Crippen molar-refractivity contribution in [1.29, 1.82) is 0 Å². The van der Waals surface area contributed by atoms with Gasteiger partial charge < -0.3 is 10.2 Å². The van der Waals surface area contributed by atoms with E-state index in [1.165, 1.54) is 51.7 Å². The van der Waals surface area contributed by atoms with Gasteiger partial charge in [-0.05, 0) is 83.6 Å². The SMILES string of the molecule is CN(C)CCCNCC(C1CC1)C1CC1. The first-order valence-corrected chi connectivity index (χ1v) is 6.63. The maximum Gasteiger partial charge on any atom is -0.00127 e. The fourth-order valence-electron chi connectivity index (χ4n) is 2.56. The van der Waals surface area contributed by atoms with E-state index < -0.39 is 0 Å². The Hall–Kier alpha value is -0.0800. The van der Waals surface area contributed by atoms with Gasteiger partial charge in [0.05, 0.1) is 0 Å². The molecule has 2 fully saturated rings. The molecule has 2 aliphatic rings. The molecule has 0 radical (unpaired) electrons. The lowest BCUT2D eigenvalue weighted by Crippen LogP contribution is -2.28. The van der Waals surface area contributed by atoms with Crippen LogP contribution < -0.4 is 5.32 Å². The molecule has 0 aromatic rings. The van der Waals surface area contributed by atoms with Crippen molar-refractivity contribution < 1.29 is 0 Å². The van der Waals surface area contributed by atoms with Crippen molar-refractivity contribution in [2.75, 3.05) is 33.7 Å². The largest absolute Gasteiger partial charge is 0.316 e. The van der Waals surface area contributed by atoms with E-state index in [1.54, 1.807) is 0 Å². The molecule has 0 unspecified atom stereocenters. The average molecular weight is 210 g/mol. The van der Waals surface area contributed by atoms with E-state index in [0.29, 0.717) is 0 Å². The Morgan fingerprint density at radius 2 is 1.73 bits per heavy atom. The van der Waals surface area contributed by atoms with Crippen molar-refractivity contribution in [2.24, 2.45) is 17.8 Å². The minimum absolute atomic E-state index is 1.03. The van der Waals surface area contributed by atoms with E-state index in [9.17, 15) is 0 Å². The molecule has 0 saturated heterocycles. The Morgan fingerprint density at radius 3 is 2.20 bits per heavy atom. The van der Waals surface area contributed by atoms with Crippen LogP contribution in [0.15, 0.2) is 0 Å². The molecule has 2 heteroatoms. The summed E-state index contributed by atoms with van der Waals surface area (Å²) in [5, 5.41) is 3.66. The van der Waals surface area contributed by atoms with Crippen LogP contribution in [0.1, 0.15) is 32.1 Å². The first kappa shape index (κ1) is 11.4. The highest BCUT2D eigenvalue weighted by molar-refractivity contribution is 4.92. The molecule has 2 saturated carbocycles. The normalized spacial score (nSPS) is 21.6. The number of rotatable bonds is 8. The van der Waals surface area contributed by atoms with Gasteiger partial charge in [0.2, 0.25) is 0 Å². The van der Waals surface area contributed by atoms with Crippen molar-refractivity contribution in [2.45, 2.75) is 32.1 Å². The van der Waals surface area contributed by atoms with Crippen LogP contribution >= 0.6 is 0 Å². The summed E-state index contributed by atoms with van der Waals surface area (Å²) >= 11 is 0. The highest BCUT2D eigenvalue weighted by Gasteiger charge is 2.40. The van der Waals surface area contributed by atoms with Gasteiger partial charge in [-0.15, -0.1) is 0 Å². The Bertz CT molecular complexity index is 171. The van der Waals surface area contributed by atoms with Crippen molar-refractivity contribution in [3.05, 3.63) is 0 Å². The summed E-state index contributed by atoms with van der Waals surface area (Å²) in [5.74, 6) is 3.22. The average Bonchev–Trinajstić information content (AvgIpc) is 3.00. The number of nitrogens with zero attached hydrogens (tertiary/aromatic N) is 1. The van der Waals surface area contributed by atoms with Gasteiger partial charge in [0.1, 0.15) is 0 Å². The summed E-state index contributed by atoms with van der Waals surface area (Å²) in [5.41, 5.74) is 0. The fraction of sp³-hybridized carbons (Fsp3) is 1.00. The Labute approximate surface area is 94.4 Å². The van der Waals surface area contributed by atoms with E-state index in [1.807, 2.05) is 0 Å². The minimum Gasteiger partial charge on any atom is -0.316 e. The summed E-state index contributed by atoms with van der Waals surface area (Å²) in [7, 11) is 4.30. The van der Waals surface area contributed by atoms with Crippen molar-refractivity contribution in [3.63, 3.8) is 0 Å². The molecule has 1 N–H and O–H groups in total. The van der Waals surface area contributed by atoms with E-state index >= 15 is 0 Å². The first-order valence-electron chi connectivity index (χ1n) is 6.63. The van der Waals surface area contributed by atoms with Gasteiger partial charge in [-0.1, -0.05) is 0 Å². The topological polar surface area (TPSA) is 15.3 Å². The summed E-state index contributed by atoms with van der Waals surface area (Å²) in [4.78, 5) is 2.26. The van der Waals surface area contributed by atoms with Crippen LogP contribution in [0.5, 0.6) is 0 Å². The second-order valence-corrected chi connectivity index (χ2v) is 5.70. The highest BCUT2D eigenvalue weighted by Crippen LogP contribution is 2.48. The summed E-state index contributed by atoms with van der Waals surface area (Å²) in [6.07, 6.45) is 7.34. The third-order valence-electron chi connectivity index (χ3n) is 3.79. The zero-order valence-corrected chi connectivity index (χ0v) is 10.3. The lowest BCUT2D eigenvalue weighted by Gasteiger charge is -2.16. The Morgan fingerprint density at radius 1 is 1.13 bits per heavy atom. The predicted octanol–water partition coefficient (Wildman–Crippen LogP) is 1.96. The molecule has 0 atom stereocenters. The monoisotopic (exact) mass is 210 g/mol. The molecule has 0 heterocycles. The second-order valence-electron chi connectivity index (χ2n) is 5.70. The van der Waals surface area contributed by atoms with Gasteiger partial charge >= 0.3 is 0 Å². The summed E-state index contributed by atoms with van der Waals surface area (Å²) in [6.45, 7) is 3.71. The maximum atomic E-state index is 3.66. The van der Waals surface area contributed by atoms with E-state index in [2.05, 4.69) is 24.3 Å². The molecule has 2 rings (SSSR count). The molecule has 0 spiro atoms. The van der Waals surface area contributed by atoms with Crippen molar-refractivity contribution in [3.8, 4) is 0 Å². The Balaban J connectivity index is 1.51. The zero-order valence-electron chi connectivity index (χ0n) is 10.3. The van der Waals surface area contributed by atoms with E-state index in [4.69, 9.17) is 0 Å². The second kappa shape index (κ2) is 5.31. The predicted molar refractivity (Wildman–Crippen MR) is 65.0 cm³/mol. The van der Waals surface area contributed by atoms with Crippen molar-refractivity contribution >= 4 is 0 Å². The summed E-state index contributed by atoms with van der Waals surface area (Å²) < 4.78 is 0. The lowest BCUT2D eigenvalue weighted by molar-refractivity contribution is 0.360. The molecule has 0 amide bonds. The number of hydrogen-bond donors (Lipinski definition) is 1. The van der Waals surface area contributed by atoms with Crippen LogP contribution in [0.25, 0.3) is 0 Å². The van der Waals surface area contributed by atoms with Gasteiger partial charge in [0.15, 0.2) is 0 Å². The smallest absolute Gasteiger partial charge is 0.00127 e. The number of nitrogens with one attached hydrogen (secondary N) is 1. The van der Waals surface area contributed by atoms with Crippen LogP contribution in [0.2, 0.25) is 0 Å². The standard InChI is InChI=1S/C13H26N2/c1-15(2)9-3-8-14-10-13(11-4-5-11)12-6-7-12/h11-14H,3-10H2,1-2H3. The van der Waals surface area contributed by atoms with Crippen LogP contribution in [0.3, 0.4) is 0 Å². The fourth-order valence-corrected chi connectivity index (χ4v) is 2.56. The molecule has 0 aromatic carbocycles. The number of hydrogen-bond acceptors (Lipinski definition) is 2. The summed E-state index contributed by atoms with van der Waals surface area (Å²) in [6, 6.07) is 0. The van der Waals surface area contributed by atoms with E-state index in [-0.39, 0.29) is 0 Å². The molecular weight excluding hydrogens is 184 g/mol. The molecular formula is C13H26N2. The minimum atomic E-state index is 1.03. The maximum absolute atomic E-state index is 3.66. The zero-order chi connectivity index (χ0) is 10.7. The van der Waals surface area contributed by atoms with Gasteiger partial charge in [0.25, 0.3) is 0 Å². The quantitative estimate of drug-likeness (QED) is 0.616. The molecule has 0 bridgehead atoms. The van der Waals surface area contributed by atoms with Crippen molar-refractivity contribution in [1.82, 2.24) is 10.2 Å². The first-order chi connectivity index (χ1) is 7.27. The van der Waals surface area contributed by atoms with Gasteiger partial charge in [-0.3, -0.25) is 0 Å². The molecule has 0 aliphatic heterocycles. The van der Waals surface area contributed by atoms with Crippen LogP contribution in [0, 0.1) is 17.8 Å². The van der Waals surface area contributed by atoms with Gasteiger partial charge in [-0.2, -0.15) is 0 Å². The molecule has 2 nitrogen and oxygen atoms in total. The van der Waals surface area contributed by atoms with E-state index in [0.717, 1.165) is 17.8 Å². The molecule has 88 valence electrons. The highest BCUT2D eigenvalue weighted by atomic mass is 15.1. The van der Waals surface area contributed by atoms with Crippen LogP contribution in [-0.2, 0) is 0 Å². The molecule has 15 heavy (non-hydrogen) atoms. The van der Waals surface area contributed by atoms with Gasteiger partial charge in [0, 0.05) is 0 Å². The molecule has 0 aromatic heterocycles. The van der Waals surface area contributed by atoms with Crippen LogP contribution in [-0.4, -0.2) is 38.6 Å². The third kappa shape index (κ3) is 4.12. The molecule has 2 aliphatic carbocycles. The Kier molecular flexibility index (Phi) is 4.04. The van der Waals surface area contributed by atoms with Crippen LogP contribution in [0.4, 0.5) is 0 Å². The van der Waals surface area contributed by atoms with Gasteiger partial charge in [-0.25, -0.2) is 0 Å². The lowest BCUT2D eigenvalue weighted by atomic mass is 9.98. The third-order valence-corrected chi connectivity index (χ3v) is 3.79.